The van der Waals surface area contributed by atoms with Gasteiger partial charge in [0, 0.05) is 27.7 Å². The Morgan fingerprint density at radius 3 is 2.14 bits per heavy atom. The predicted octanol–water partition coefficient (Wildman–Crippen LogP) is 2.01. The van der Waals surface area contributed by atoms with Crippen molar-refractivity contribution in [2.24, 2.45) is 0 Å². The first kappa shape index (κ1) is 26.1. The normalized spacial score (nSPS) is 23.8. The lowest BCUT2D eigenvalue weighted by atomic mass is 9.96. The fourth-order valence-electron chi connectivity index (χ4n) is 3.94. The van der Waals surface area contributed by atoms with Gasteiger partial charge >= 0.3 is 17.9 Å². The van der Waals surface area contributed by atoms with Crippen LogP contribution in [0.5, 0.6) is 0 Å². The Bertz CT molecular complexity index is 1090. The minimum Gasteiger partial charge on any atom is -0.463 e. The monoisotopic (exact) mass is 487 g/mol. The van der Waals surface area contributed by atoms with Gasteiger partial charge in [-0.15, -0.1) is 0 Å². The van der Waals surface area contributed by atoms with E-state index >= 15 is 0 Å². The van der Waals surface area contributed by atoms with E-state index in [1.54, 1.807) is 0 Å². The summed E-state index contributed by atoms with van der Waals surface area (Å²) in [5.74, 6) is -2.34. The lowest BCUT2D eigenvalue weighted by Gasteiger charge is -2.44. The molecular weight excluding hydrogens is 458 g/mol. The summed E-state index contributed by atoms with van der Waals surface area (Å²) >= 11 is 0. The van der Waals surface area contributed by atoms with Crippen LogP contribution in [-0.4, -0.2) is 61.1 Å². The maximum atomic E-state index is 12.0. The van der Waals surface area contributed by atoms with Gasteiger partial charge in [0.1, 0.15) is 18.8 Å². The summed E-state index contributed by atoms with van der Waals surface area (Å²) in [5.41, 5.74) is 0.844. The molecule has 10 nitrogen and oxygen atoms in total. The van der Waals surface area contributed by atoms with E-state index in [-0.39, 0.29) is 13.2 Å². The quantitative estimate of drug-likeness (QED) is 0.439. The molecule has 1 heterocycles. The van der Waals surface area contributed by atoms with E-state index < -0.39 is 54.5 Å². The molecular formula is C25H29NO9. The molecule has 188 valence electrons. The van der Waals surface area contributed by atoms with Crippen LogP contribution in [0.4, 0.5) is 0 Å². The van der Waals surface area contributed by atoms with Crippen molar-refractivity contribution in [2.75, 3.05) is 6.61 Å². The van der Waals surface area contributed by atoms with Crippen LogP contribution >= 0.6 is 0 Å². The van der Waals surface area contributed by atoms with Gasteiger partial charge in [0.25, 0.3) is 0 Å². The zero-order chi connectivity index (χ0) is 25.5. The average molecular weight is 488 g/mol. The van der Waals surface area contributed by atoms with Gasteiger partial charge in [-0.3, -0.25) is 19.2 Å². The first-order valence-corrected chi connectivity index (χ1v) is 11.1. The molecule has 1 fully saturated rings. The lowest BCUT2D eigenvalue weighted by molar-refractivity contribution is -0.280. The molecule has 10 heteroatoms. The molecule has 0 saturated carbocycles. The van der Waals surface area contributed by atoms with Gasteiger partial charge in [0.05, 0.1) is 6.61 Å². The molecule has 2 aromatic rings. The minimum atomic E-state index is -1.16. The van der Waals surface area contributed by atoms with Gasteiger partial charge in [-0.2, -0.15) is 0 Å². The standard InChI is InChI=1S/C25H29NO9/c1-14(27)26-22-24(34-17(4)30)23(33-16(3)29)21(13-31-15(2)28)35-25(22)32-12-18-9-10-19-7-5-6-8-20(19)11-18/h5-11,21-25H,12-13H2,1-4H3,(H,26,27)/t21-,22+,23+,24+,25-/m1/s1. The highest BCUT2D eigenvalue weighted by atomic mass is 16.7. The van der Waals surface area contributed by atoms with Crippen LogP contribution in [0.2, 0.25) is 0 Å². The Morgan fingerprint density at radius 2 is 1.51 bits per heavy atom. The van der Waals surface area contributed by atoms with Crippen molar-refractivity contribution < 1.29 is 42.9 Å². The first-order chi connectivity index (χ1) is 16.6. The van der Waals surface area contributed by atoms with Crippen LogP contribution in [0.15, 0.2) is 42.5 Å². The van der Waals surface area contributed by atoms with Gasteiger partial charge in [0.2, 0.25) is 5.91 Å². The Labute approximate surface area is 202 Å². The van der Waals surface area contributed by atoms with Crippen molar-refractivity contribution in [3.8, 4) is 0 Å². The summed E-state index contributed by atoms with van der Waals surface area (Å²) in [7, 11) is 0. The SMILES string of the molecule is CC(=O)N[C@@H]1[C@H](OCc2ccc3ccccc3c2)O[C@H](COC(C)=O)[C@H](OC(C)=O)[C@H]1OC(C)=O. The van der Waals surface area contributed by atoms with E-state index in [9.17, 15) is 19.2 Å². The van der Waals surface area contributed by atoms with Crippen molar-refractivity contribution in [2.45, 2.75) is 64.9 Å². The number of esters is 3. The molecule has 0 unspecified atom stereocenters. The summed E-state index contributed by atoms with van der Waals surface area (Å²) in [4.78, 5) is 47.1. The summed E-state index contributed by atoms with van der Waals surface area (Å²) < 4.78 is 28.0. The van der Waals surface area contributed by atoms with E-state index in [1.807, 2.05) is 42.5 Å². The molecule has 3 rings (SSSR count). The minimum absolute atomic E-state index is 0.108. The van der Waals surface area contributed by atoms with Crippen LogP contribution in [0.25, 0.3) is 10.8 Å². The number of carbonyl (C=O) groups is 4. The second kappa shape index (κ2) is 11.8. The van der Waals surface area contributed by atoms with E-state index in [2.05, 4.69) is 5.32 Å². The average Bonchev–Trinajstić information content (AvgIpc) is 2.78. The molecule has 0 aliphatic carbocycles. The number of amides is 1. The topological polar surface area (TPSA) is 126 Å². The molecule has 0 bridgehead atoms. The summed E-state index contributed by atoms with van der Waals surface area (Å²) in [5, 5.41) is 4.77. The number of rotatable bonds is 8. The van der Waals surface area contributed by atoms with Crippen molar-refractivity contribution in [3.05, 3.63) is 48.0 Å². The number of ether oxygens (including phenoxy) is 5. The van der Waals surface area contributed by atoms with Crippen molar-refractivity contribution >= 4 is 34.6 Å². The maximum Gasteiger partial charge on any atom is 0.303 e. The number of hydrogen-bond donors (Lipinski definition) is 1. The molecule has 35 heavy (non-hydrogen) atoms. The number of fused-ring (bicyclic) bond motifs is 1. The van der Waals surface area contributed by atoms with Gasteiger partial charge < -0.3 is 29.0 Å². The highest BCUT2D eigenvalue weighted by Crippen LogP contribution is 2.29. The van der Waals surface area contributed by atoms with E-state index in [0.717, 1.165) is 16.3 Å². The van der Waals surface area contributed by atoms with Gasteiger partial charge in [-0.1, -0.05) is 36.4 Å². The molecule has 0 spiro atoms. The summed E-state index contributed by atoms with van der Waals surface area (Å²) in [6.45, 7) is 4.71. The van der Waals surface area contributed by atoms with Crippen LogP contribution in [0.1, 0.15) is 33.3 Å². The van der Waals surface area contributed by atoms with Crippen LogP contribution in [-0.2, 0) is 49.5 Å². The van der Waals surface area contributed by atoms with Crippen molar-refractivity contribution in [1.29, 1.82) is 0 Å². The van der Waals surface area contributed by atoms with E-state index in [0.29, 0.717) is 0 Å². The Balaban J connectivity index is 1.90. The van der Waals surface area contributed by atoms with Crippen molar-refractivity contribution in [3.63, 3.8) is 0 Å². The van der Waals surface area contributed by atoms with Crippen molar-refractivity contribution in [1.82, 2.24) is 5.32 Å². The van der Waals surface area contributed by atoms with E-state index in [1.165, 1.54) is 27.7 Å². The third-order valence-electron chi connectivity index (χ3n) is 5.30. The fraction of sp³-hybridized carbons (Fsp3) is 0.440. The highest BCUT2D eigenvalue weighted by molar-refractivity contribution is 5.83. The number of nitrogens with one attached hydrogen (secondary N) is 1. The van der Waals surface area contributed by atoms with Crippen LogP contribution < -0.4 is 5.32 Å². The summed E-state index contributed by atoms with van der Waals surface area (Å²) in [6, 6.07) is 12.7. The largest absolute Gasteiger partial charge is 0.463 e. The fourth-order valence-corrected chi connectivity index (χ4v) is 3.94. The van der Waals surface area contributed by atoms with Crippen LogP contribution in [0, 0.1) is 0 Å². The highest BCUT2D eigenvalue weighted by Gasteiger charge is 2.51. The first-order valence-electron chi connectivity index (χ1n) is 11.1. The zero-order valence-corrected chi connectivity index (χ0v) is 20.0. The second-order valence-corrected chi connectivity index (χ2v) is 8.21. The molecule has 1 aliphatic heterocycles. The number of hydrogen-bond acceptors (Lipinski definition) is 9. The molecule has 1 amide bonds. The molecule has 1 N–H and O–H groups in total. The molecule has 1 saturated heterocycles. The zero-order valence-electron chi connectivity index (χ0n) is 20.0. The predicted molar refractivity (Wildman–Crippen MR) is 123 cm³/mol. The Morgan fingerprint density at radius 1 is 0.857 bits per heavy atom. The molecule has 1 aliphatic rings. The van der Waals surface area contributed by atoms with Gasteiger partial charge in [-0.25, -0.2) is 0 Å². The molecule has 0 radical (unpaired) electrons. The molecule has 2 aromatic carbocycles. The van der Waals surface area contributed by atoms with Crippen LogP contribution in [0.3, 0.4) is 0 Å². The molecule has 0 aromatic heterocycles. The number of benzene rings is 2. The second-order valence-electron chi connectivity index (χ2n) is 8.21. The number of carbonyl (C=O) groups excluding carboxylic acids is 4. The Hall–Kier alpha value is -3.50. The third-order valence-corrected chi connectivity index (χ3v) is 5.30. The lowest BCUT2D eigenvalue weighted by Crippen LogP contribution is -2.66. The smallest absolute Gasteiger partial charge is 0.303 e. The van der Waals surface area contributed by atoms with Gasteiger partial charge in [-0.05, 0) is 22.4 Å². The third kappa shape index (κ3) is 7.24. The molecule has 5 atom stereocenters. The van der Waals surface area contributed by atoms with E-state index in [4.69, 9.17) is 23.7 Å². The maximum absolute atomic E-state index is 12.0. The summed E-state index contributed by atoms with van der Waals surface area (Å²) in [6.07, 6.45) is -4.44. The van der Waals surface area contributed by atoms with Gasteiger partial charge in [0.15, 0.2) is 18.5 Å². The Kier molecular flexibility index (Phi) is 8.78.